The fourth-order valence-corrected chi connectivity index (χ4v) is 3.26. The summed E-state index contributed by atoms with van der Waals surface area (Å²) in [5.41, 5.74) is 0. The zero-order valence-electron chi connectivity index (χ0n) is 15.6. The van der Waals surface area contributed by atoms with Crippen LogP contribution in [-0.2, 0) is 19.1 Å². The van der Waals surface area contributed by atoms with Crippen LogP contribution in [0.15, 0.2) is 28.7 Å². The lowest BCUT2D eigenvalue weighted by molar-refractivity contribution is -0.149. The normalized spacial score (nSPS) is 17.7. The Morgan fingerprint density at radius 1 is 1.26 bits per heavy atom. The van der Waals surface area contributed by atoms with Crippen molar-refractivity contribution in [3.05, 3.63) is 28.7 Å². The van der Waals surface area contributed by atoms with Gasteiger partial charge in [-0.15, -0.1) is 0 Å². The molecule has 0 bridgehead atoms. The number of carbonyl (C=O) groups is 3. The molecule has 8 heteroatoms. The topological polar surface area (TPSA) is 84.9 Å². The van der Waals surface area contributed by atoms with Crippen LogP contribution in [0.3, 0.4) is 0 Å². The lowest BCUT2D eigenvalue weighted by Crippen LogP contribution is -2.53. The van der Waals surface area contributed by atoms with Crippen LogP contribution in [0, 0.1) is 0 Å². The first-order valence-corrected chi connectivity index (χ1v) is 9.82. The van der Waals surface area contributed by atoms with E-state index in [2.05, 4.69) is 21.2 Å². The zero-order chi connectivity index (χ0) is 19.8. The number of halogens is 1. The fourth-order valence-electron chi connectivity index (χ4n) is 3.00. The molecule has 1 saturated heterocycles. The number of benzene rings is 1. The largest absolute Gasteiger partial charge is 0.477 e. The van der Waals surface area contributed by atoms with Gasteiger partial charge in [-0.3, -0.25) is 9.59 Å². The molecule has 0 saturated carbocycles. The Balaban J connectivity index is 2.00. The highest BCUT2D eigenvalue weighted by molar-refractivity contribution is 9.10. The van der Waals surface area contributed by atoms with E-state index in [4.69, 9.17) is 9.47 Å². The number of nitrogens with zero attached hydrogens (tertiary/aromatic N) is 1. The third-order valence-electron chi connectivity index (χ3n) is 4.45. The second-order valence-electron chi connectivity index (χ2n) is 6.28. The number of piperidine rings is 1. The summed E-state index contributed by atoms with van der Waals surface area (Å²) >= 11 is 3.33. The Labute approximate surface area is 167 Å². The van der Waals surface area contributed by atoms with Gasteiger partial charge in [0.05, 0.1) is 13.7 Å². The molecule has 2 atom stereocenters. The predicted molar refractivity (Wildman–Crippen MR) is 103 cm³/mol. The standard InChI is InChI=1S/C19H25BrN2O5/c1-3-17(23)22-11-5-4-6-15(22)18(24)21-12-16(19(25)26-2)27-14-9-7-13(20)8-10-14/h7-10,15-16H,3-6,11-12H2,1-2H3,(H,21,24)/t15-,16-/m0/s1. The number of nitrogens with one attached hydrogen (secondary N) is 1. The van der Waals surface area contributed by atoms with Gasteiger partial charge in [-0.25, -0.2) is 4.79 Å². The molecule has 1 N–H and O–H groups in total. The summed E-state index contributed by atoms with van der Waals surface area (Å²) in [5.74, 6) is -0.401. The third-order valence-corrected chi connectivity index (χ3v) is 4.97. The van der Waals surface area contributed by atoms with E-state index in [0.717, 1.165) is 17.3 Å². The van der Waals surface area contributed by atoms with Crippen LogP contribution in [0.2, 0.25) is 0 Å². The zero-order valence-corrected chi connectivity index (χ0v) is 17.2. The number of likely N-dealkylation sites (tertiary alicyclic amines) is 1. The molecule has 0 unspecified atom stereocenters. The van der Waals surface area contributed by atoms with E-state index in [1.807, 2.05) is 0 Å². The van der Waals surface area contributed by atoms with Crippen LogP contribution in [-0.4, -0.2) is 55.0 Å². The summed E-state index contributed by atoms with van der Waals surface area (Å²) in [4.78, 5) is 38.4. The van der Waals surface area contributed by atoms with Crippen molar-refractivity contribution >= 4 is 33.7 Å². The van der Waals surface area contributed by atoms with E-state index in [-0.39, 0.29) is 18.4 Å². The average Bonchev–Trinajstić information content (AvgIpc) is 2.71. The summed E-state index contributed by atoms with van der Waals surface area (Å²) in [5, 5.41) is 2.74. The van der Waals surface area contributed by atoms with Crippen molar-refractivity contribution in [1.82, 2.24) is 10.2 Å². The first-order valence-electron chi connectivity index (χ1n) is 9.03. The van der Waals surface area contributed by atoms with Crippen molar-refractivity contribution < 1.29 is 23.9 Å². The average molecular weight is 441 g/mol. The molecule has 1 aliphatic heterocycles. The highest BCUT2D eigenvalue weighted by Gasteiger charge is 2.32. The molecule has 0 aromatic heterocycles. The van der Waals surface area contributed by atoms with Gasteiger partial charge < -0.3 is 19.7 Å². The predicted octanol–water partition coefficient (Wildman–Crippen LogP) is 2.28. The number of methoxy groups -OCH3 is 1. The lowest BCUT2D eigenvalue weighted by Gasteiger charge is -2.34. The van der Waals surface area contributed by atoms with E-state index < -0.39 is 18.1 Å². The maximum Gasteiger partial charge on any atom is 0.348 e. The summed E-state index contributed by atoms with van der Waals surface area (Å²) in [7, 11) is 1.27. The van der Waals surface area contributed by atoms with E-state index in [1.165, 1.54) is 7.11 Å². The maximum atomic E-state index is 12.6. The van der Waals surface area contributed by atoms with Gasteiger partial charge >= 0.3 is 5.97 Å². The van der Waals surface area contributed by atoms with Gasteiger partial charge in [-0.2, -0.15) is 0 Å². The Kier molecular flexibility index (Phi) is 8.09. The molecular formula is C19H25BrN2O5. The minimum atomic E-state index is -0.973. The quantitative estimate of drug-likeness (QED) is 0.657. The van der Waals surface area contributed by atoms with Crippen molar-refractivity contribution in [1.29, 1.82) is 0 Å². The summed E-state index contributed by atoms with van der Waals surface area (Å²) in [6.45, 7) is 2.33. The molecule has 1 aromatic carbocycles. The van der Waals surface area contributed by atoms with Crippen molar-refractivity contribution in [3.8, 4) is 5.75 Å². The second-order valence-corrected chi connectivity index (χ2v) is 7.20. The molecule has 0 spiro atoms. The van der Waals surface area contributed by atoms with E-state index in [9.17, 15) is 14.4 Å². The highest BCUT2D eigenvalue weighted by atomic mass is 79.9. The first kappa shape index (κ1) is 21.2. The van der Waals surface area contributed by atoms with Crippen LogP contribution in [0.5, 0.6) is 5.75 Å². The summed E-state index contributed by atoms with van der Waals surface area (Å²) in [6.07, 6.45) is 1.79. The number of hydrogen-bond donors (Lipinski definition) is 1. The molecule has 27 heavy (non-hydrogen) atoms. The molecule has 1 aromatic rings. The minimum absolute atomic E-state index is 0.0355. The molecule has 148 valence electrons. The number of esters is 1. The Morgan fingerprint density at radius 2 is 1.96 bits per heavy atom. The fraction of sp³-hybridized carbons (Fsp3) is 0.526. The molecule has 1 aliphatic rings. The highest BCUT2D eigenvalue weighted by Crippen LogP contribution is 2.19. The van der Waals surface area contributed by atoms with Crippen molar-refractivity contribution in [3.63, 3.8) is 0 Å². The molecule has 2 rings (SSSR count). The van der Waals surface area contributed by atoms with Crippen molar-refractivity contribution in [2.45, 2.75) is 44.8 Å². The third kappa shape index (κ3) is 5.95. The molecule has 1 fully saturated rings. The van der Waals surface area contributed by atoms with Crippen molar-refractivity contribution in [2.75, 3.05) is 20.2 Å². The SMILES string of the molecule is CCC(=O)N1CCCC[C@H]1C(=O)NC[C@H](Oc1ccc(Br)cc1)C(=O)OC. The monoisotopic (exact) mass is 440 g/mol. The van der Waals surface area contributed by atoms with E-state index >= 15 is 0 Å². The molecule has 2 amide bonds. The number of rotatable bonds is 7. The van der Waals surface area contributed by atoms with Crippen LogP contribution in [0.25, 0.3) is 0 Å². The number of amides is 2. The summed E-state index contributed by atoms with van der Waals surface area (Å²) < 4.78 is 11.3. The molecule has 7 nitrogen and oxygen atoms in total. The molecular weight excluding hydrogens is 416 g/mol. The number of hydrogen-bond acceptors (Lipinski definition) is 5. The van der Waals surface area contributed by atoms with Crippen LogP contribution >= 0.6 is 15.9 Å². The molecule has 1 heterocycles. The van der Waals surface area contributed by atoms with Crippen molar-refractivity contribution in [2.24, 2.45) is 0 Å². The van der Waals surface area contributed by atoms with Gasteiger partial charge in [0.2, 0.25) is 17.9 Å². The summed E-state index contributed by atoms with van der Waals surface area (Å²) in [6, 6.07) is 6.50. The van der Waals surface area contributed by atoms with Gasteiger partial charge in [0.25, 0.3) is 0 Å². The van der Waals surface area contributed by atoms with Gasteiger partial charge in [-0.1, -0.05) is 22.9 Å². The van der Waals surface area contributed by atoms with E-state index in [1.54, 1.807) is 36.1 Å². The van der Waals surface area contributed by atoms with Crippen LogP contribution in [0.4, 0.5) is 0 Å². The van der Waals surface area contributed by atoms with E-state index in [0.29, 0.717) is 25.1 Å². The second kappa shape index (κ2) is 10.3. The first-order chi connectivity index (χ1) is 13.0. The lowest BCUT2D eigenvalue weighted by atomic mass is 10.0. The smallest absolute Gasteiger partial charge is 0.348 e. The number of ether oxygens (including phenoxy) is 2. The Morgan fingerprint density at radius 3 is 2.59 bits per heavy atom. The van der Waals surface area contributed by atoms with Crippen LogP contribution < -0.4 is 10.1 Å². The minimum Gasteiger partial charge on any atom is -0.477 e. The molecule has 0 aliphatic carbocycles. The van der Waals surface area contributed by atoms with Gasteiger partial charge in [0, 0.05) is 17.4 Å². The Bertz CT molecular complexity index is 665. The van der Waals surface area contributed by atoms with Gasteiger partial charge in [0.15, 0.2) is 0 Å². The van der Waals surface area contributed by atoms with Gasteiger partial charge in [0.1, 0.15) is 11.8 Å². The maximum absolute atomic E-state index is 12.6. The Hall–Kier alpha value is -2.09. The molecule has 0 radical (unpaired) electrons. The van der Waals surface area contributed by atoms with Crippen LogP contribution in [0.1, 0.15) is 32.6 Å². The number of carbonyl (C=O) groups excluding carboxylic acids is 3. The van der Waals surface area contributed by atoms with Gasteiger partial charge in [-0.05, 0) is 43.5 Å².